The van der Waals surface area contributed by atoms with E-state index in [0.717, 1.165) is 23.5 Å². The molecule has 0 saturated heterocycles. The molecule has 0 aliphatic carbocycles. The summed E-state index contributed by atoms with van der Waals surface area (Å²) in [6, 6.07) is 7.60. The number of anilines is 1. The van der Waals surface area contributed by atoms with Crippen LogP contribution in [0.5, 0.6) is 5.75 Å². The van der Waals surface area contributed by atoms with E-state index in [1.807, 2.05) is 49.7 Å². The van der Waals surface area contributed by atoms with Crippen molar-refractivity contribution in [1.82, 2.24) is 9.55 Å². The van der Waals surface area contributed by atoms with Crippen molar-refractivity contribution in [3.8, 4) is 5.75 Å². The number of carbonyl (C=O) groups excluding carboxylic acids is 1. The van der Waals surface area contributed by atoms with Gasteiger partial charge in [0.15, 0.2) is 5.16 Å². The summed E-state index contributed by atoms with van der Waals surface area (Å²) < 4.78 is 7.50. The number of fused-ring (bicyclic) bond motifs is 1. The zero-order chi connectivity index (χ0) is 19.6. The van der Waals surface area contributed by atoms with E-state index in [9.17, 15) is 9.59 Å². The lowest BCUT2D eigenvalue weighted by molar-refractivity contribution is -0.116. The van der Waals surface area contributed by atoms with E-state index >= 15 is 0 Å². The Morgan fingerprint density at radius 2 is 2.00 bits per heavy atom. The molecule has 1 amide bonds. The normalized spacial score (nSPS) is 16.2. The van der Waals surface area contributed by atoms with Gasteiger partial charge in [-0.3, -0.25) is 9.59 Å². The largest absolute Gasteiger partial charge is 0.491 e. The first-order valence-electron chi connectivity index (χ1n) is 9.20. The first-order chi connectivity index (χ1) is 12.9. The van der Waals surface area contributed by atoms with Gasteiger partial charge in [0.25, 0.3) is 5.56 Å². The van der Waals surface area contributed by atoms with Crippen LogP contribution in [0.15, 0.2) is 34.2 Å². The van der Waals surface area contributed by atoms with Crippen molar-refractivity contribution in [1.29, 1.82) is 0 Å². The molecule has 6 nitrogen and oxygen atoms in total. The van der Waals surface area contributed by atoms with Crippen molar-refractivity contribution in [2.75, 3.05) is 11.1 Å². The average Bonchev–Trinajstić information content (AvgIpc) is 2.63. The molecule has 0 bridgehead atoms. The molecule has 1 aliphatic heterocycles. The Morgan fingerprint density at radius 3 is 2.63 bits per heavy atom. The van der Waals surface area contributed by atoms with Gasteiger partial charge in [0.05, 0.1) is 11.7 Å². The second-order valence-corrected chi connectivity index (χ2v) is 7.97. The van der Waals surface area contributed by atoms with E-state index in [1.54, 1.807) is 0 Å². The van der Waals surface area contributed by atoms with Crippen molar-refractivity contribution < 1.29 is 9.53 Å². The van der Waals surface area contributed by atoms with E-state index in [4.69, 9.17) is 4.74 Å². The third-order valence-corrected chi connectivity index (χ3v) is 5.63. The first kappa shape index (κ1) is 19.5. The van der Waals surface area contributed by atoms with Gasteiger partial charge >= 0.3 is 0 Å². The van der Waals surface area contributed by atoms with Gasteiger partial charge in [-0.05, 0) is 38.0 Å². The molecule has 3 rings (SSSR count). The van der Waals surface area contributed by atoms with E-state index in [-0.39, 0.29) is 29.9 Å². The van der Waals surface area contributed by atoms with Gasteiger partial charge in [-0.25, -0.2) is 0 Å². The Morgan fingerprint density at radius 1 is 1.30 bits per heavy atom. The quantitative estimate of drug-likeness (QED) is 0.606. The molecule has 2 aromatic rings. The Labute approximate surface area is 163 Å². The fourth-order valence-electron chi connectivity index (χ4n) is 3.19. The van der Waals surface area contributed by atoms with Crippen LogP contribution >= 0.6 is 11.8 Å². The molecule has 2 heterocycles. The Bertz CT molecular complexity index is 891. The predicted molar refractivity (Wildman–Crippen MR) is 108 cm³/mol. The SMILES string of the molecule is CCCSc1nc(=O)c2c(n1C)NC(=O)C[C@H]2c1ccc(OC(C)C)cc1. The van der Waals surface area contributed by atoms with Crippen LogP contribution in [-0.2, 0) is 11.8 Å². The molecule has 0 spiro atoms. The summed E-state index contributed by atoms with van der Waals surface area (Å²) in [5, 5.41) is 3.50. The van der Waals surface area contributed by atoms with Gasteiger partial charge in [-0.2, -0.15) is 4.98 Å². The second-order valence-electron chi connectivity index (χ2n) is 6.91. The lowest BCUT2D eigenvalue weighted by Crippen LogP contribution is -2.33. The number of nitrogens with zero attached hydrogens (tertiary/aromatic N) is 2. The van der Waals surface area contributed by atoms with Crippen molar-refractivity contribution in [2.24, 2.45) is 7.05 Å². The van der Waals surface area contributed by atoms with Gasteiger partial charge in [0, 0.05) is 25.1 Å². The van der Waals surface area contributed by atoms with Gasteiger partial charge < -0.3 is 14.6 Å². The maximum Gasteiger partial charge on any atom is 0.279 e. The molecule has 144 valence electrons. The van der Waals surface area contributed by atoms with E-state index in [0.29, 0.717) is 16.5 Å². The topological polar surface area (TPSA) is 73.2 Å². The molecule has 27 heavy (non-hydrogen) atoms. The zero-order valence-corrected chi connectivity index (χ0v) is 16.9. The molecule has 1 aromatic heterocycles. The minimum absolute atomic E-state index is 0.0903. The lowest BCUT2D eigenvalue weighted by Gasteiger charge is -2.27. The van der Waals surface area contributed by atoms with Gasteiger partial charge in [-0.15, -0.1) is 0 Å². The smallest absolute Gasteiger partial charge is 0.279 e. The molecular formula is C20H25N3O3S. The number of ether oxygens (including phenoxy) is 1. The minimum Gasteiger partial charge on any atom is -0.491 e. The Kier molecular flexibility index (Phi) is 5.89. The third kappa shape index (κ3) is 4.18. The average molecular weight is 388 g/mol. The molecule has 1 aromatic carbocycles. The fourth-order valence-corrected chi connectivity index (χ4v) is 4.01. The van der Waals surface area contributed by atoms with Crippen LogP contribution in [0.3, 0.4) is 0 Å². The fraction of sp³-hybridized carbons (Fsp3) is 0.450. The van der Waals surface area contributed by atoms with E-state index in [2.05, 4.69) is 17.2 Å². The molecule has 1 atom stereocenters. The molecule has 0 unspecified atom stereocenters. The maximum absolute atomic E-state index is 12.8. The number of carbonyl (C=O) groups is 1. The number of thioether (sulfide) groups is 1. The number of aromatic nitrogens is 2. The Balaban J connectivity index is 2.02. The van der Waals surface area contributed by atoms with Crippen molar-refractivity contribution in [3.63, 3.8) is 0 Å². The van der Waals surface area contributed by atoms with Crippen LogP contribution in [0.2, 0.25) is 0 Å². The summed E-state index contributed by atoms with van der Waals surface area (Å²) in [4.78, 5) is 29.4. The molecule has 7 heteroatoms. The highest BCUT2D eigenvalue weighted by molar-refractivity contribution is 7.99. The summed E-state index contributed by atoms with van der Waals surface area (Å²) in [6.45, 7) is 6.02. The number of benzene rings is 1. The van der Waals surface area contributed by atoms with Crippen molar-refractivity contribution in [2.45, 2.75) is 50.8 Å². The van der Waals surface area contributed by atoms with Crippen LogP contribution < -0.4 is 15.6 Å². The van der Waals surface area contributed by atoms with Crippen LogP contribution in [0.4, 0.5) is 5.82 Å². The summed E-state index contributed by atoms with van der Waals surface area (Å²) in [5.74, 6) is 1.79. The molecule has 0 saturated carbocycles. The summed E-state index contributed by atoms with van der Waals surface area (Å²) in [6.07, 6.45) is 1.31. The van der Waals surface area contributed by atoms with Gasteiger partial charge in [0.2, 0.25) is 5.91 Å². The highest BCUT2D eigenvalue weighted by Gasteiger charge is 2.32. The molecule has 1 N–H and O–H groups in total. The van der Waals surface area contributed by atoms with Crippen molar-refractivity contribution >= 4 is 23.5 Å². The molecular weight excluding hydrogens is 362 g/mol. The van der Waals surface area contributed by atoms with E-state index in [1.165, 1.54) is 11.8 Å². The standard InChI is InChI=1S/C20H25N3O3S/c1-5-10-27-20-22-19(25)17-15(11-16(24)21-18(17)23(20)4)13-6-8-14(9-7-13)26-12(2)3/h6-9,12,15H,5,10-11H2,1-4H3,(H,21,24)/t15-/m0/s1. The Hall–Kier alpha value is -2.28. The van der Waals surface area contributed by atoms with Crippen molar-refractivity contribution in [3.05, 3.63) is 45.7 Å². The second kappa shape index (κ2) is 8.17. The number of hydrogen-bond donors (Lipinski definition) is 1. The number of rotatable bonds is 6. The maximum atomic E-state index is 12.8. The molecule has 0 fully saturated rings. The summed E-state index contributed by atoms with van der Waals surface area (Å²) in [7, 11) is 1.84. The van der Waals surface area contributed by atoms with Gasteiger partial charge in [-0.1, -0.05) is 30.8 Å². The summed E-state index contributed by atoms with van der Waals surface area (Å²) >= 11 is 1.52. The van der Waals surface area contributed by atoms with Crippen LogP contribution in [-0.4, -0.2) is 27.3 Å². The highest BCUT2D eigenvalue weighted by Crippen LogP contribution is 2.36. The lowest BCUT2D eigenvalue weighted by atomic mass is 9.87. The number of hydrogen-bond acceptors (Lipinski definition) is 5. The number of nitrogens with one attached hydrogen (secondary N) is 1. The highest BCUT2D eigenvalue weighted by atomic mass is 32.2. The predicted octanol–water partition coefficient (Wildman–Crippen LogP) is 3.54. The van der Waals surface area contributed by atoms with Crippen LogP contribution in [0.25, 0.3) is 0 Å². The van der Waals surface area contributed by atoms with Gasteiger partial charge in [0.1, 0.15) is 11.6 Å². The zero-order valence-electron chi connectivity index (χ0n) is 16.1. The minimum atomic E-state index is -0.307. The molecule has 0 radical (unpaired) electrons. The van der Waals surface area contributed by atoms with Crippen LogP contribution in [0, 0.1) is 0 Å². The monoisotopic (exact) mass is 387 g/mol. The van der Waals surface area contributed by atoms with Crippen LogP contribution in [0.1, 0.15) is 50.7 Å². The number of amides is 1. The van der Waals surface area contributed by atoms with E-state index < -0.39 is 0 Å². The first-order valence-corrected chi connectivity index (χ1v) is 10.2. The third-order valence-electron chi connectivity index (χ3n) is 4.39. The summed E-state index contributed by atoms with van der Waals surface area (Å²) in [5.41, 5.74) is 1.19. The molecule has 1 aliphatic rings.